The predicted molar refractivity (Wildman–Crippen MR) is 98.8 cm³/mol. The number of imidazole rings is 1. The Balaban J connectivity index is 1.62. The van der Waals surface area contributed by atoms with Crippen molar-refractivity contribution in [3.8, 4) is 0 Å². The molecule has 1 fully saturated rings. The SMILES string of the molecule is Cn1c([C@@H]2CCN(S(=O)(=O)c3ccc(Br)cc3)C2)nc2cccnc21. The van der Waals surface area contributed by atoms with Crippen molar-refractivity contribution in [2.45, 2.75) is 17.2 Å². The number of halogens is 1. The molecule has 130 valence electrons. The van der Waals surface area contributed by atoms with E-state index in [4.69, 9.17) is 0 Å². The molecule has 3 heterocycles. The highest BCUT2D eigenvalue weighted by atomic mass is 79.9. The van der Waals surface area contributed by atoms with Gasteiger partial charge >= 0.3 is 0 Å². The molecule has 0 saturated carbocycles. The fourth-order valence-electron chi connectivity index (χ4n) is 3.32. The van der Waals surface area contributed by atoms with E-state index in [1.807, 2.05) is 23.7 Å². The molecule has 6 nitrogen and oxygen atoms in total. The standard InChI is InChI=1S/C17H17BrN4O2S/c1-21-16(20-15-3-2-9-19-17(15)21)12-8-10-22(11-12)25(23,24)14-6-4-13(18)5-7-14/h2-7,9,12H,8,10-11H2,1H3/t12-/m1/s1. The van der Waals surface area contributed by atoms with Crippen LogP contribution in [0.2, 0.25) is 0 Å². The number of hydrogen-bond donors (Lipinski definition) is 0. The van der Waals surface area contributed by atoms with Gasteiger partial charge in [0, 0.05) is 36.7 Å². The van der Waals surface area contributed by atoms with Crippen molar-refractivity contribution in [2.24, 2.45) is 7.05 Å². The van der Waals surface area contributed by atoms with Crippen molar-refractivity contribution in [3.05, 3.63) is 52.9 Å². The van der Waals surface area contributed by atoms with Gasteiger partial charge in [-0.25, -0.2) is 18.4 Å². The summed E-state index contributed by atoms with van der Waals surface area (Å²) in [4.78, 5) is 9.35. The molecule has 2 aromatic heterocycles. The highest BCUT2D eigenvalue weighted by Crippen LogP contribution is 2.31. The second-order valence-corrected chi connectivity index (χ2v) is 9.03. The van der Waals surface area contributed by atoms with Gasteiger partial charge < -0.3 is 4.57 Å². The van der Waals surface area contributed by atoms with Crippen LogP contribution in [0.5, 0.6) is 0 Å². The molecule has 1 aliphatic heterocycles. The van der Waals surface area contributed by atoms with Gasteiger partial charge in [-0.2, -0.15) is 4.31 Å². The molecule has 0 N–H and O–H groups in total. The Labute approximate surface area is 154 Å². The molecule has 1 saturated heterocycles. The summed E-state index contributed by atoms with van der Waals surface area (Å²) in [5.41, 5.74) is 1.67. The van der Waals surface area contributed by atoms with Gasteiger partial charge in [0.1, 0.15) is 11.3 Å². The fraction of sp³-hybridized carbons (Fsp3) is 0.294. The number of aryl methyl sites for hydroxylation is 1. The quantitative estimate of drug-likeness (QED) is 0.652. The second-order valence-electron chi connectivity index (χ2n) is 6.18. The zero-order valence-corrected chi connectivity index (χ0v) is 16.0. The minimum atomic E-state index is -3.48. The van der Waals surface area contributed by atoms with E-state index in [-0.39, 0.29) is 5.92 Å². The van der Waals surface area contributed by atoms with Gasteiger partial charge in [-0.05, 0) is 42.8 Å². The van der Waals surface area contributed by atoms with Gasteiger partial charge in [0.25, 0.3) is 0 Å². The zero-order valence-electron chi connectivity index (χ0n) is 13.6. The summed E-state index contributed by atoms with van der Waals surface area (Å²) in [6.07, 6.45) is 2.50. The number of hydrogen-bond acceptors (Lipinski definition) is 4. The molecule has 1 aromatic carbocycles. The van der Waals surface area contributed by atoms with Gasteiger partial charge in [0.15, 0.2) is 5.65 Å². The molecular formula is C17H17BrN4O2S. The molecule has 4 rings (SSSR count). The Morgan fingerprint density at radius 1 is 1.20 bits per heavy atom. The lowest BCUT2D eigenvalue weighted by atomic mass is 10.1. The summed E-state index contributed by atoms with van der Waals surface area (Å²) >= 11 is 3.34. The highest BCUT2D eigenvalue weighted by Gasteiger charge is 2.35. The lowest BCUT2D eigenvalue weighted by molar-refractivity contribution is 0.470. The first-order valence-corrected chi connectivity index (χ1v) is 10.2. The molecule has 25 heavy (non-hydrogen) atoms. The van der Waals surface area contributed by atoms with Crippen molar-refractivity contribution in [2.75, 3.05) is 13.1 Å². The van der Waals surface area contributed by atoms with E-state index >= 15 is 0 Å². The minimum absolute atomic E-state index is 0.0735. The number of fused-ring (bicyclic) bond motifs is 1. The van der Waals surface area contributed by atoms with Gasteiger partial charge in [-0.1, -0.05) is 15.9 Å². The first-order chi connectivity index (χ1) is 12.0. The maximum Gasteiger partial charge on any atom is 0.243 e. The Kier molecular flexibility index (Phi) is 4.13. The molecule has 8 heteroatoms. The Hall–Kier alpha value is -1.77. The first-order valence-electron chi connectivity index (χ1n) is 8.00. The topological polar surface area (TPSA) is 68.1 Å². The third-order valence-electron chi connectivity index (χ3n) is 4.63. The summed E-state index contributed by atoms with van der Waals surface area (Å²) in [5, 5.41) is 0. The molecule has 3 aromatic rings. The maximum absolute atomic E-state index is 12.9. The molecule has 0 aliphatic carbocycles. The van der Waals surface area contributed by atoms with E-state index in [1.54, 1.807) is 34.8 Å². The number of nitrogens with zero attached hydrogens (tertiary/aromatic N) is 4. The average molecular weight is 421 g/mol. The number of pyridine rings is 1. The minimum Gasteiger partial charge on any atom is -0.316 e. The molecule has 0 radical (unpaired) electrons. The first kappa shape index (κ1) is 16.7. The average Bonchev–Trinajstić information content (AvgIpc) is 3.21. The normalized spacial score (nSPS) is 18.9. The summed E-state index contributed by atoms with van der Waals surface area (Å²) in [6, 6.07) is 10.5. The Bertz CT molecular complexity index is 1030. The van der Waals surface area contributed by atoms with E-state index in [1.165, 1.54) is 0 Å². The summed E-state index contributed by atoms with van der Waals surface area (Å²) in [5.74, 6) is 0.964. The monoisotopic (exact) mass is 420 g/mol. The lowest BCUT2D eigenvalue weighted by Crippen LogP contribution is -2.28. The fourth-order valence-corrected chi connectivity index (χ4v) is 5.08. The second kappa shape index (κ2) is 6.19. The predicted octanol–water partition coefficient (Wildman–Crippen LogP) is 2.91. The Morgan fingerprint density at radius 2 is 1.96 bits per heavy atom. The van der Waals surface area contributed by atoms with Crippen LogP contribution in [-0.2, 0) is 17.1 Å². The van der Waals surface area contributed by atoms with Crippen LogP contribution < -0.4 is 0 Å². The van der Waals surface area contributed by atoms with Crippen LogP contribution >= 0.6 is 15.9 Å². The van der Waals surface area contributed by atoms with E-state index in [0.717, 1.165) is 27.9 Å². The molecule has 0 bridgehead atoms. The zero-order chi connectivity index (χ0) is 17.6. The van der Waals surface area contributed by atoms with Crippen LogP contribution in [0.1, 0.15) is 18.2 Å². The number of benzene rings is 1. The van der Waals surface area contributed by atoms with Crippen molar-refractivity contribution in [3.63, 3.8) is 0 Å². The molecule has 1 atom stereocenters. The van der Waals surface area contributed by atoms with E-state index in [9.17, 15) is 8.42 Å². The number of sulfonamides is 1. The number of rotatable bonds is 3. The summed E-state index contributed by atoms with van der Waals surface area (Å²) < 4.78 is 30.1. The van der Waals surface area contributed by atoms with Gasteiger partial charge in [-0.3, -0.25) is 0 Å². The van der Waals surface area contributed by atoms with Crippen LogP contribution in [0.3, 0.4) is 0 Å². The van der Waals surface area contributed by atoms with E-state index in [0.29, 0.717) is 18.0 Å². The smallest absolute Gasteiger partial charge is 0.243 e. The molecule has 0 unspecified atom stereocenters. The van der Waals surface area contributed by atoms with Crippen LogP contribution in [0.15, 0.2) is 52.0 Å². The van der Waals surface area contributed by atoms with Crippen LogP contribution in [0.4, 0.5) is 0 Å². The van der Waals surface area contributed by atoms with Crippen molar-refractivity contribution in [1.29, 1.82) is 0 Å². The third-order valence-corrected chi connectivity index (χ3v) is 7.04. The van der Waals surface area contributed by atoms with E-state index < -0.39 is 10.0 Å². The van der Waals surface area contributed by atoms with Gasteiger partial charge in [0.05, 0.1) is 4.90 Å². The van der Waals surface area contributed by atoms with Crippen LogP contribution in [0.25, 0.3) is 11.2 Å². The van der Waals surface area contributed by atoms with Crippen molar-refractivity contribution in [1.82, 2.24) is 18.8 Å². The van der Waals surface area contributed by atoms with Crippen molar-refractivity contribution >= 4 is 37.1 Å². The molecule has 0 amide bonds. The number of aromatic nitrogens is 3. The van der Waals surface area contributed by atoms with Crippen LogP contribution in [0, 0.1) is 0 Å². The van der Waals surface area contributed by atoms with E-state index in [2.05, 4.69) is 25.9 Å². The maximum atomic E-state index is 12.9. The van der Waals surface area contributed by atoms with Crippen LogP contribution in [-0.4, -0.2) is 40.3 Å². The summed E-state index contributed by atoms with van der Waals surface area (Å²) in [6.45, 7) is 0.940. The molecular weight excluding hydrogens is 404 g/mol. The van der Waals surface area contributed by atoms with Gasteiger partial charge in [-0.15, -0.1) is 0 Å². The van der Waals surface area contributed by atoms with Gasteiger partial charge in [0.2, 0.25) is 10.0 Å². The summed E-state index contributed by atoms with van der Waals surface area (Å²) in [7, 11) is -1.55. The third kappa shape index (κ3) is 2.88. The highest BCUT2D eigenvalue weighted by molar-refractivity contribution is 9.10. The molecule has 1 aliphatic rings. The Morgan fingerprint density at radius 3 is 2.68 bits per heavy atom. The van der Waals surface area contributed by atoms with Crippen molar-refractivity contribution < 1.29 is 8.42 Å². The lowest BCUT2D eigenvalue weighted by Gasteiger charge is -2.16. The molecule has 0 spiro atoms. The largest absolute Gasteiger partial charge is 0.316 e.